The fourth-order valence-corrected chi connectivity index (χ4v) is 2.57. The number of nitrogens with zero attached hydrogens (tertiary/aromatic N) is 1. The molecule has 6 heteroatoms. The first-order valence-electron chi connectivity index (χ1n) is 9.20. The van der Waals surface area contributed by atoms with E-state index in [0.717, 1.165) is 16.8 Å². The molecule has 0 saturated carbocycles. The Bertz CT molecular complexity index is 944. The number of nitrogens with one attached hydrogen (secondary N) is 2. The van der Waals surface area contributed by atoms with Crippen molar-refractivity contribution in [3.63, 3.8) is 0 Å². The second-order valence-corrected chi connectivity index (χ2v) is 6.20. The van der Waals surface area contributed by atoms with Crippen LogP contribution < -0.4 is 20.2 Å². The molecule has 0 spiro atoms. The van der Waals surface area contributed by atoms with Gasteiger partial charge >= 0.3 is 0 Å². The highest BCUT2D eigenvalue weighted by atomic mass is 16.5. The summed E-state index contributed by atoms with van der Waals surface area (Å²) >= 11 is 0. The molecule has 0 aliphatic heterocycles. The van der Waals surface area contributed by atoms with Crippen LogP contribution in [0.5, 0.6) is 11.5 Å². The summed E-state index contributed by atoms with van der Waals surface area (Å²) in [5.41, 5.74) is 5.73. The Morgan fingerprint density at radius 1 is 0.966 bits per heavy atom. The molecule has 0 radical (unpaired) electrons. The fourth-order valence-electron chi connectivity index (χ4n) is 2.57. The molecule has 148 valence electrons. The summed E-state index contributed by atoms with van der Waals surface area (Å²) < 4.78 is 11.0. The number of amides is 1. The van der Waals surface area contributed by atoms with Crippen molar-refractivity contribution in [1.29, 1.82) is 0 Å². The maximum Gasteiger partial charge on any atom is 0.258 e. The van der Waals surface area contributed by atoms with Crippen LogP contribution >= 0.6 is 0 Å². The van der Waals surface area contributed by atoms with Gasteiger partial charge in [-0.1, -0.05) is 48.5 Å². The molecule has 0 saturated heterocycles. The normalized spacial score (nSPS) is 10.5. The van der Waals surface area contributed by atoms with E-state index in [-0.39, 0.29) is 12.5 Å². The summed E-state index contributed by atoms with van der Waals surface area (Å²) in [5, 5.41) is 7.04. The Balaban J connectivity index is 1.52. The lowest BCUT2D eigenvalue weighted by molar-refractivity contribution is -0.123. The number of hydrogen-bond acceptors (Lipinski definition) is 5. The van der Waals surface area contributed by atoms with Crippen LogP contribution in [0.4, 0.5) is 5.69 Å². The third-order valence-electron chi connectivity index (χ3n) is 4.06. The van der Waals surface area contributed by atoms with E-state index in [1.54, 1.807) is 25.5 Å². The average Bonchev–Trinajstić information content (AvgIpc) is 2.78. The minimum Gasteiger partial charge on any atom is -0.493 e. The topological polar surface area (TPSA) is 71.9 Å². The quantitative estimate of drug-likeness (QED) is 0.431. The lowest BCUT2D eigenvalue weighted by atomic mass is 10.2. The van der Waals surface area contributed by atoms with Gasteiger partial charge in [-0.25, -0.2) is 0 Å². The molecule has 3 aromatic rings. The Morgan fingerprint density at radius 2 is 1.69 bits per heavy atom. The first kappa shape index (κ1) is 19.9. The third-order valence-corrected chi connectivity index (χ3v) is 4.06. The molecule has 0 aromatic heterocycles. The van der Waals surface area contributed by atoms with Crippen molar-refractivity contribution in [2.24, 2.45) is 5.10 Å². The van der Waals surface area contributed by atoms with Crippen LogP contribution in [0.1, 0.15) is 11.1 Å². The van der Waals surface area contributed by atoms with Gasteiger partial charge in [-0.05, 0) is 41.5 Å². The number of methoxy groups -OCH3 is 1. The van der Waals surface area contributed by atoms with E-state index in [9.17, 15) is 4.79 Å². The SMILES string of the molecule is COc1cc(C=NNc2ccccc2)ccc1OCC(=O)NCc1ccccc1. The van der Waals surface area contributed by atoms with Crippen molar-refractivity contribution < 1.29 is 14.3 Å². The van der Waals surface area contributed by atoms with Crippen LogP contribution in [-0.4, -0.2) is 25.8 Å². The lowest BCUT2D eigenvalue weighted by Gasteiger charge is -2.11. The number of carbonyl (C=O) groups is 1. The molecule has 0 bridgehead atoms. The van der Waals surface area contributed by atoms with Crippen molar-refractivity contribution in [2.45, 2.75) is 6.54 Å². The minimum absolute atomic E-state index is 0.0911. The molecular formula is C23H23N3O3. The summed E-state index contributed by atoms with van der Waals surface area (Å²) in [6, 6.07) is 24.8. The average molecular weight is 389 g/mol. The molecular weight excluding hydrogens is 366 g/mol. The number of para-hydroxylation sites is 1. The Hall–Kier alpha value is -3.80. The minimum atomic E-state index is -0.200. The number of hydrazone groups is 1. The van der Waals surface area contributed by atoms with Crippen molar-refractivity contribution in [1.82, 2.24) is 5.32 Å². The van der Waals surface area contributed by atoms with E-state index < -0.39 is 0 Å². The summed E-state index contributed by atoms with van der Waals surface area (Å²) in [5.74, 6) is 0.827. The third kappa shape index (κ3) is 6.39. The van der Waals surface area contributed by atoms with Gasteiger partial charge in [0.15, 0.2) is 18.1 Å². The van der Waals surface area contributed by atoms with E-state index in [1.807, 2.05) is 66.7 Å². The van der Waals surface area contributed by atoms with Gasteiger partial charge in [0.25, 0.3) is 5.91 Å². The van der Waals surface area contributed by atoms with E-state index in [0.29, 0.717) is 18.0 Å². The maximum atomic E-state index is 12.0. The number of carbonyl (C=O) groups excluding carboxylic acids is 1. The van der Waals surface area contributed by atoms with Gasteiger partial charge in [0, 0.05) is 6.54 Å². The smallest absolute Gasteiger partial charge is 0.258 e. The van der Waals surface area contributed by atoms with Crippen LogP contribution in [0.25, 0.3) is 0 Å². The predicted molar refractivity (Wildman–Crippen MR) is 114 cm³/mol. The molecule has 3 aromatic carbocycles. The number of benzene rings is 3. The summed E-state index contributed by atoms with van der Waals surface area (Å²) in [7, 11) is 1.56. The molecule has 0 aliphatic carbocycles. The Kier molecular flexibility index (Phi) is 7.23. The number of anilines is 1. The van der Waals surface area contributed by atoms with Gasteiger partial charge in [-0.3, -0.25) is 10.2 Å². The van der Waals surface area contributed by atoms with E-state index >= 15 is 0 Å². The highest BCUT2D eigenvalue weighted by Crippen LogP contribution is 2.27. The van der Waals surface area contributed by atoms with Crippen molar-refractivity contribution in [3.8, 4) is 11.5 Å². The predicted octanol–water partition coefficient (Wildman–Crippen LogP) is 3.84. The monoisotopic (exact) mass is 389 g/mol. The zero-order valence-corrected chi connectivity index (χ0v) is 16.2. The summed E-state index contributed by atoms with van der Waals surface area (Å²) in [6.45, 7) is 0.371. The van der Waals surface area contributed by atoms with Gasteiger partial charge < -0.3 is 14.8 Å². The van der Waals surface area contributed by atoms with Crippen LogP contribution in [0.15, 0.2) is 84.0 Å². The van der Waals surface area contributed by atoms with E-state index in [2.05, 4.69) is 15.8 Å². The molecule has 3 rings (SSSR count). The molecule has 0 heterocycles. The first-order chi connectivity index (χ1) is 14.2. The molecule has 2 N–H and O–H groups in total. The van der Waals surface area contributed by atoms with Crippen LogP contribution in [0.2, 0.25) is 0 Å². The molecule has 0 atom stereocenters. The van der Waals surface area contributed by atoms with E-state index in [1.165, 1.54) is 0 Å². The van der Waals surface area contributed by atoms with Gasteiger partial charge in [0.1, 0.15) is 0 Å². The number of rotatable bonds is 9. The highest BCUT2D eigenvalue weighted by molar-refractivity contribution is 5.81. The van der Waals surface area contributed by atoms with Gasteiger partial charge in [0.05, 0.1) is 19.0 Å². The van der Waals surface area contributed by atoms with Crippen LogP contribution in [0.3, 0.4) is 0 Å². The second-order valence-electron chi connectivity index (χ2n) is 6.20. The standard InChI is InChI=1S/C23H23N3O3/c1-28-22-14-19(16-25-26-20-10-6-3-7-11-20)12-13-21(22)29-17-23(27)24-15-18-8-4-2-5-9-18/h2-14,16,26H,15,17H2,1H3,(H,24,27). The molecule has 1 amide bonds. The number of ether oxygens (including phenoxy) is 2. The molecule has 29 heavy (non-hydrogen) atoms. The largest absolute Gasteiger partial charge is 0.493 e. The molecule has 0 aliphatic rings. The molecule has 6 nitrogen and oxygen atoms in total. The molecule has 0 fully saturated rings. The van der Waals surface area contributed by atoms with Crippen molar-refractivity contribution >= 4 is 17.8 Å². The first-order valence-corrected chi connectivity index (χ1v) is 9.20. The van der Waals surface area contributed by atoms with Gasteiger partial charge in [0.2, 0.25) is 0 Å². The fraction of sp³-hybridized carbons (Fsp3) is 0.130. The van der Waals surface area contributed by atoms with Crippen LogP contribution in [0, 0.1) is 0 Å². The maximum absolute atomic E-state index is 12.0. The Morgan fingerprint density at radius 3 is 2.41 bits per heavy atom. The second kappa shape index (κ2) is 10.5. The van der Waals surface area contributed by atoms with Crippen molar-refractivity contribution in [3.05, 3.63) is 90.0 Å². The molecule has 0 unspecified atom stereocenters. The zero-order valence-electron chi connectivity index (χ0n) is 16.2. The van der Waals surface area contributed by atoms with Gasteiger partial charge in [-0.2, -0.15) is 5.10 Å². The van der Waals surface area contributed by atoms with Crippen molar-refractivity contribution in [2.75, 3.05) is 19.1 Å². The summed E-state index contributed by atoms with van der Waals surface area (Å²) in [6.07, 6.45) is 1.69. The zero-order chi connectivity index (χ0) is 20.3. The Labute approximate surface area is 170 Å². The van der Waals surface area contributed by atoms with Gasteiger partial charge in [-0.15, -0.1) is 0 Å². The number of hydrogen-bond donors (Lipinski definition) is 2. The van der Waals surface area contributed by atoms with Crippen LogP contribution in [-0.2, 0) is 11.3 Å². The van der Waals surface area contributed by atoms with E-state index in [4.69, 9.17) is 9.47 Å². The lowest BCUT2D eigenvalue weighted by Crippen LogP contribution is -2.28. The summed E-state index contributed by atoms with van der Waals surface area (Å²) in [4.78, 5) is 12.0. The highest BCUT2D eigenvalue weighted by Gasteiger charge is 2.08.